The monoisotopic (exact) mass is 272 g/mol. The Labute approximate surface area is 119 Å². The van der Waals surface area contributed by atoms with Crippen molar-refractivity contribution < 1.29 is 9.59 Å². The van der Waals surface area contributed by atoms with Gasteiger partial charge in [0.05, 0.1) is 5.41 Å². The zero-order valence-corrected chi connectivity index (χ0v) is 11.8. The van der Waals surface area contributed by atoms with Gasteiger partial charge < -0.3 is 9.80 Å². The second-order valence-electron chi connectivity index (χ2n) is 5.95. The van der Waals surface area contributed by atoms with Crippen LogP contribution in [0, 0.1) is 5.41 Å². The zero-order chi connectivity index (χ0) is 14.2. The minimum atomic E-state index is -0.322. The van der Waals surface area contributed by atoms with Crippen LogP contribution in [0.4, 0.5) is 0 Å². The molecule has 2 fully saturated rings. The maximum absolute atomic E-state index is 12.5. The molecule has 0 aliphatic carbocycles. The molecule has 2 aliphatic rings. The van der Waals surface area contributed by atoms with E-state index in [1.807, 2.05) is 42.3 Å². The van der Waals surface area contributed by atoms with Crippen LogP contribution in [-0.4, -0.2) is 48.3 Å². The van der Waals surface area contributed by atoms with Gasteiger partial charge in [-0.1, -0.05) is 18.2 Å². The number of rotatable bonds is 1. The van der Waals surface area contributed by atoms with Crippen LogP contribution >= 0.6 is 0 Å². The molecule has 1 aromatic carbocycles. The van der Waals surface area contributed by atoms with E-state index in [0.717, 1.165) is 32.4 Å². The lowest BCUT2D eigenvalue weighted by molar-refractivity contribution is -0.137. The number of hydrogen-bond acceptors (Lipinski definition) is 2. The standard InChI is InChI=1S/C16H20N2O2/c1-17-11-9-16(15(17)20)8-5-10-18(12-16)14(19)13-6-3-2-4-7-13/h2-4,6-7H,5,8-12H2,1H3. The fourth-order valence-electron chi connectivity index (χ4n) is 3.44. The topological polar surface area (TPSA) is 40.6 Å². The Hall–Kier alpha value is -1.84. The summed E-state index contributed by atoms with van der Waals surface area (Å²) in [5.41, 5.74) is 0.389. The number of likely N-dealkylation sites (tertiary alicyclic amines) is 2. The molecule has 2 heterocycles. The molecule has 0 radical (unpaired) electrons. The van der Waals surface area contributed by atoms with Crippen molar-refractivity contribution in [3.8, 4) is 0 Å². The molecule has 0 N–H and O–H groups in total. The number of carbonyl (C=O) groups excluding carboxylic acids is 2. The molecular formula is C16H20N2O2. The lowest BCUT2D eigenvalue weighted by Gasteiger charge is -2.38. The lowest BCUT2D eigenvalue weighted by atomic mass is 9.78. The SMILES string of the molecule is CN1CCC2(CCCN(C(=O)c3ccccc3)C2)C1=O. The first-order chi connectivity index (χ1) is 9.62. The first-order valence-electron chi connectivity index (χ1n) is 7.22. The predicted molar refractivity (Wildman–Crippen MR) is 76.3 cm³/mol. The summed E-state index contributed by atoms with van der Waals surface area (Å²) in [5, 5.41) is 0. The summed E-state index contributed by atoms with van der Waals surface area (Å²) in [5.74, 6) is 0.259. The van der Waals surface area contributed by atoms with Gasteiger partial charge in [0.2, 0.25) is 5.91 Å². The molecule has 106 valence electrons. The van der Waals surface area contributed by atoms with E-state index in [9.17, 15) is 9.59 Å². The maximum Gasteiger partial charge on any atom is 0.253 e. The number of amides is 2. The van der Waals surface area contributed by atoms with E-state index < -0.39 is 0 Å². The van der Waals surface area contributed by atoms with Crippen molar-refractivity contribution in [1.29, 1.82) is 0 Å². The summed E-state index contributed by atoms with van der Waals surface area (Å²) >= 11 is 0. The van der Waals surface area contributed by atoms with Crippen LogP contribution in [0.1, 0.15) is 29.6 Å². The van der Waals surface area contributed by atoms with Gasteiger partial charge in [-0.25, -0.2) is 0 Å². The molecule has 20 heavy (non-hydrogen) atoms. The number of benzene rings is 1. The molecule has 2 amide bonds. The molecule has 1 aromatic rings. The molecule has 1 atom stereocenters. The minimum absolute atomic E-state index is 0.0482. The highest BCUT2D eigenvalue weighted by Gasteiger charge is 2.48. The second kappa shape index (κ2) is 4.93. The molecule has 1 unspecified atom stereocenters. The number of nitrogens with zero attached hydrogens (tertiary/aromatic N) is 2. The van der Waals surface area contributed by atoms with Crippen molar-refractivity contribution in [2.75, 3.05) is 26.7 Å². The van der Waals surface area contributed by atoms with Gasteiger partial charge in [-0.05, 0) is 31.4 Å². The summed E-state index contributed by atoms with van der Waals surface area (Å²) in [7, 11) is 1.86. The van der Waals surface area contributed by atoms with Crippen LogP contribution in [0.5, 0.6) is 0 Å². The number of carbonyl (C=O) groups is 2. The van der Waals surface area contributed by atoms with E-state index in [4.69, 9.17) is 0 Å². The first kappa shape index (κ1) is 13.2. The highest BCUT2D eigenvalue weighted by atomic mass is 16.2. The van der Waals surface area contributed by atoms with Gasteiger partial charge in [-0.2, -0.15) is 0 Å². The quantitative estimate of drug-likeness (QED) is 0.782. The summed E-state index contributed by atoms with van der Waals surface area (Å²) in [6.45, 7) is 2.14. The third-order valence-corrected chi connectivity index (χ3v) is 4.61. The van der Waals surface area contributed by atoms with Gasteiger partial charge in [-0.3, -0.25) is 9.59 Å². The van der Waals surface area contributed by atoms with E-state index in [-0.39, 0.29) is 17.2 Å². The summed E-state index contributed by atoms with van der Waals surface area (Å²) in [4.78, 5) is 28.6. The number of hydrogen-bond donors (Lipinski definition) is 0. The molecule has 4 heteroatoms. The van der Waals surface area contributed by atoms with Crippen LogP contribution in [0.3, 0.4) is 0 Å². The van der Waals surface area contributed by atoms with Gasteiger partial charge in [0.15, 0.2) is 0 Å². The second-order valence-corrected chi connectivity index (χ2v) is 5.95. The molecule has 2 saturated heterocycles. The Morgan fingerprint density at radius 1 is 1.15 bits per heavy atom. The van der Waals surface area contributed by atoms with Crippen LogP contribution in [0.15, 0.2) is 30.3 Å². The van der Waals surface area contributed by atoms with Crippen molar-refractivity contribution in [2.24, 2.45) is 5.41 Å². The van der Waals surface area contributed by atoms with Crippen molar-refractivity contribution in [3.05, 3.63) is 35.9 Å². The van der Waals surface area contributed by atoms with E-state index in [0.29, 0.717) is 12.1 Å². The van der Waals surface area contributed by atoms with Crippen LogP contribution < -0.4 is 0 Å². The van der Waals surface area contributed by atoms with Crippen molar-refractivity contribution in [3.63, 3.8) is 0 Å². The van der Waals surface area contributed by atoms with Gasteiger partial charge in [0.25, 0.3) is 5.91 Å². The van der Waals surface area contributed by atoms with E-state index in [2.05, 4.69) is 0 Å². The Bertz CT molecular complexity index is 525. The van der Waals surface area contributed by atoms with Gasteiger partial charge in [-0.15, -0.1) is 0 Å². The zero-order valence-electron chi connectivity index (χ0n) is 11.8. The van der Waals surface area contributed by atoms with Gasteiger partial charge >= 0.3 is 0 Å². The van der Waals surface area contributed by atoms with Crippen molar-refractivity contribution in [1.82, 2.24) is 9.80 Å². The van der Waals surface area contributed by atoms with Crippen LogP contribution in [-0.2, 0) is 4.79 Å². The van der Waals surface area contributed by atoms with E-state index in [1.54, 1.807) is 4.90 Å². The third-order valence-electron chi connectivity index (χ3n) is 4.61. The minimum Gasteiger partial charge on any atom is -0.345 e. The Morgan fingerprint density at radius 3 is 2.55 bits per heavy atom. The summed E-state index contributed by atoms with van der Waals surface area (Å²) in [6.07, 6.45) is 2.70. The highest BCUT2D eigenvalue weighted by Crippen LogP contribution is 2.39. The Balaban J connectivity index is 1.79. The molecule has 0 bridgehead atoms. The predicted octanol–water partition coefficient (Wildman–Crippen LogP) is 1.77. The van der Waals surface area contributed by atoms with Gasteiger partial charge in [0.1, 0.15) is 0 Å². The third kappa shape index (κ3) is 2.09. The van der Waals surface area contributed by atoms with Crippen LogP contribution in [0.2, 0.25) is 0 Å². The molecule has 3 rings (SSSR count). The average molecular weight is 272 g/mol. The molecule has 4 nitrogen and oxygen atoms in total. The fourth-order valence-corrected chi connectivity index (χ4v) is 3.44. The highest BCUT2D eigenvalue weighted by molar-refractivity contribution is 5.95. The average Bonchev–Trinajstić information content (AvgIpc) is 2.76. The van der Waals surface area contributed by atoms with Crippen LogP contribution in [0.25, 0.3) is 0 Å². The molecule has 2 aliphatic heterocycles. The Morgan fingerprint density at radius 2 is 1.90 bits per heavy atom. The normalized spacial score (nSPS) is 26.4. The van der Waals surface area contributed by atoms with Gasteiger partial charge in [0, 0.05) is 32.2 Å². The largest absolute Gasteiger partial charge is 0.345 e. The first-order valence-corrected chi connectivity index (χ1v) is 7.22. The smallest absolute Gasteiger partial charge is 0.253 e. The van der Waals surface area contributed by atoms with Crippen molar-refractivity contribution in [2.45, 2.75) is 19.3 Å². The Kier molecular flexibility index (Phi) is 3.24. The lowest BCUT2D eigenvalue weighted by Crippen LogP contribution is -2.49. The van der Waals surface area contributed by atoms with E-state index >= 15 is 0 Å². The molecule has 1 spiro atoms. The molecule has 0 aromatic heterocycles. The van der Waals surface area contributed by atoms with Crippen molar-refractivity contribution >= 4 is 11.8 Å². The summed E-state index contributed by atoms with van der Waals surface area (Å²) in [6, 6.07) is 9.34. The van der Waals surface area contributed by atoms with E-state index in [1.165, 1.54) is 0 Å². The fraction of sp³-hybridized carbons (Fsp3) is 0.500. The maximum atomic E-state index is 12.5. The molecular weight excluding hydrogens is 252 g/mol. The molecule has 0 saturated carbocycles. The summed E-state index contributed by atoms with van der Waals surface area (Å²) < 4.78 is 0. The number of piperidine rings is 1.